The highest BCUT2D eigenvalue weighted by Gasteiger charge is 2.22. The van der Waals surface area contributed by atoms with Crippen LogP contribution in [0.15, 0.2) is 25.0 Å². The van der Waals surface area contributed by atoms with Crippen molar-refractivity contribution in [2.45, 2.75) is 25.8 Å². The molecule has 1 fully saturated rings. The van der Waals surface area contributed by atoms with E-state index in [4.69, 9.17) is 11.5 Å². The van der Waals surface area contributed by atoms with Crippen LogP contribution < -0.4 is 21.7 Å². The van der Waals surface area contributed by atoms with Gasteiger partial charge in [-0.05, 0) is 31.4 Å². The first-order chi connectivity index (χ1) is 12.0. The fourth-order valence-electron chi connectivity index (χ4n) is 2.85. The zero-order chi connectivity index (χ0) is 18.0. The highest BCUT2D eigenvalue weighted by Crippen LogP contribution is 2.30. The van der Waals surface area contributed by atoms with Crippen LogP contribution in [0.5, 0.6) is 0 Å². The quantitative estimate of drug-likeness (QED) is 0.774. The molecule has 1 aliphatic rings. The first-order valence-corrected chi connectivity index (χ1v) is 8.95. The Morgan fingerprint density at radius 2 is 2.32 bits per heavy atom. The van der Waals surface area contributed by atoms with Crippen LogP contribution >= 0.6 is 11.3 Å². The third kappa shape index (κ3) is 3.80. The Morgan fingerprint density at radius 3 is 3.00 bits per heavy atom. The zero-order valence-corrected chi connectivity index (χ0v) is 15.0. The van der Waals surface area contributed by atoms with Gasteiger partial charge in [0.15, 0.2) is 5.69 Å². The summed E-state index contributed by atoms with van der Waals surface area (Å²) < 4.78 is 0. The molecule has 0 bridgehead atoms. The van der Waals surface area contributed by atoms with E-state index in [1.807, 2.05) is 13.0 Å². The van der Waals surface area contributed by atoms with Crippen molar-refractivity contribution < 1.29 is 4.79 Å². The predicted octanol–water partition coefficient (Wildman–Crippen LogP) is 2.33. The standard InChI is InChI=1S/C17H22N6OS/c1-10(2)17-22-14(15(19)25-17)16(24)21-12-8-20-6-5-13(12)23-7-3-4-11(18)9-23/h5-6,8,11H,1,3-4,7,9,18-19H2,2H3,(H,21,24)/t11-/m0/s1. The Bertz CT molecular complexity index is 802. The van der Waals surface area contributed by atoms with E-state index in [0.29, 0.717) is 15.7 Å². The summed E-state index contributed by atoms with van der Waals surface area (Å²) in [7, 11) is 0. The summed E-state index contributed by atoms with van der Waals surface area (Å²) in [4.78, 5) is 23.2. The summed E-state index contributed by atoms with van der Waals surface area (Å²) in [6.07, 6.45) is 5.39. The summed E-state index contributed by atoms with van der Waals surface area (Å²) >= 11 is 1.26. The Labute approximate surface area is 150 Å². The maximum absolute atomic E-state index is 12.6. The van der Waals surface area contributed by atoms with Crippen molar-refractivity contribution in [2.75, 3.05) is 29.0 Å². The molecule has 7 nitrogen and oxygen atoms in total. The van der Waals surface area contributed by atoms with Crippen molar-refractivity contribution in [3.8, 4) is 0 Å². The molecule has 2 aromatic rings. The summed E-state index contributed by atoms with van der Waals surface area (Å²) in [5, 5.41) is 3.92. The molecule has 1 amide bonds. The molecule has 25 heavy (non-hydrogen) atoms. The average Bonchev–Trinajstić information content (AvgIpc) is 2.97. The molecule has 132 valence electrons. The van der Waals surface area contributed by atoms with E-state index in [1.54, 1.807) is 12.4 Å². The number of hydrogen-bond acceptors (Lipinski definition) is 7. The van der Waals surface area contributed by atoms with E-state index in [2.05, 4.69) is 26.8 Å². The smallest absolute Gasteiger partial charge is 0.277 e. The van der Waals surface area contributed by atoms with Crippen molar-refractivity contribution >= 4 is 39.2 Å². The van der Waals surface area contributed by atoms with E-state index >= 15 is 0 Å². The number of amides is 1. The first kappa shape index (κ1) is 17.4. The number of nitrogens with zero attached hydrogens (tertiary/aromatic N) is 3. The first-order valence-electron chi connectivity index (χ1n) is 8.13. The van der Waals surface area contributed by atoms with Crippen molar-refractivity contribution in [3.05, 3.63) is 35.7 Å². The molecule has 0 unspecified atom stereocenters. The second kappa shape index (κ2) is 7.20. The predicted molar refractivity (Wildman–Crippen MR) is 103 cm³/mol. The van der Waals surface area contributed by atoms with Gasteiger partial charge in [-0.25, -0.2) is 4.98 Å². The molecule has 0 saturated carbocycles. The summed E-state index contributed by atoms with van der Waals surface area (Å²) in [5.41, 5.74) is 14.6. The third-order valence-electron chi connectivity index (χ3n) is 4.08. The second-order valence-electron chi connectivity index (χ2n) is 6.21. The fraction of sp³-hybridized carbons (Fsp3) is 0.353. The minimum absolute atomic E-state index is 0.137. The van der Waals surface area contributed by atoms with Crippen LogP contribution in [0.1, 0.15) is 35.3 Å². The SMILES string of the molecule is C=C(C)c1nc(C(=O)Nc2cnccc2N2CCC[C@H](N)C2)c(N)s1. The molecule has 1 saturated heterocycles. The summed E-state index contributed by atoms with van der Waals surface area (Å²) in [5.74, 6) is -0.350. The Morgan fingerprint density at radius 1 is 1.52 bits per heavy atom. The van der Waals surface area contributed by atoms with Crippen molar-refractivity contribution in [3.63, 3.8) is 0 Å². The number of piperidine rings is 1. The van der Waals surface area contributed by atoms with Gasteiger partial charge in [0.05, 0.1) is 17.6 Å². The molecule has 0 spiro atoms. The minimum Gasteiger partial charge on any atom is -0.389 e. The number of nitrogens with two attached hydrogens (primary N) is 2. The number of allylic oxidation sites excluding steroid dienone is 1. The Hall–Kier alpha value is -2.45. The molecule has 5 N–H and O–H groups in total. The summed E-state index contributed by atoms with van der Waals surface area (Å²) in [6, 6.07) is 2.02. The number of hydrogen-bond donors (Lipinski definition) is 3. The largest absolute Gasteiger partial charge is 0.389 e. The normalized spacial score (nSPS) is 17.4. The maximum Gasteiger partial charge on any atom is 0.277 e. The van der Waals surface area contributed by atoms with Crippen LogP contribution in [0.3, 0.4) is 0 Å². The highest BCUT2D eigenvalue weighted by molar-refractivity contribution is 7.16. The average molecular weight is 358 g/mol. The van der Waals surface area contributed by atoms with Gasteiger partial charge in [0.2, 0.25) is 0 Å². The van der Waals surface area contributed by atoms with Gasteiger partial charge in [0.25, 0.3) is 5.91 Å². The third-order valence-corrected chi connectivity index (χ3v) is 5.12. The van der Waals surface area contributed by atoms with E-state index in [9.17, 15) is 4.79 Å². The van der Waals surface area contributed by atoms with Gasteiger partial charge < -0.3 is 21.7 Å². The highest BCUT2D eigenvalue weighted by atomic mass is 32.1. The van der Waals surface area contributed by atoms with E-state index in [1.165, 1.54) is 11.3 Å². The van der Waals surface area contributed by atoms with Crippen LogP contribution in [0, 0.1) is 0 Å². The van der Waals surface area contributed by atoms with Crippen molar-refractivity contribution in [2.24, 2.45) is 5.73 Å². The van der Waals surface area contributed by atoms with Crippen LogP contribution in [-0.4, -0.2) is 35.0 Å². The van der Waals surface area contributed by atoms with Crippen LogP contribution in [0.2, 0.25) is 0 Å². The molecule has 1 atom stereocenters. The van der Waals surface area contributed by atoms with Gasteiger partial charge >= 0.3 is 0 Å². The van der Waals surface area contributed by atoms with Crippen LogP contribution in [0.4, 0.5) is 16.4 Å². The summed E-state index contributed by atoms with van der Waals surface area (Å²) in [6.45, 7) is 7.33. The number of carbonyl (C=O) groups is 1. The topological polar surface area (TPSA) is 110 Å². The lowest BCUT2D eigenvalue weighted by atomic mass is 10.1. The number of anilines is 3. The fourth-order valence-corrected chi connectivity index (χ4v) is 3.60. The lowest BCUT2D eigenvalue weighted by molar-refractivity contribution is 0.102. The monoisotopic (exact) mass is 358 g/mol. The number of nitrogen functional groups attached to an aromatic ring is 1. The molecular weight excluding hydrogens is 336 g/mol. The van der Waals surface area contributed by atoms with E-state index in [-0.39, 0.29) is 17.6 Å². The number of pyridine rings is 1. The zero-order valence-electron chi connectivity index (χ0n) is 14.2. The lowest BCUT2D eigenvalue weighted by Crippen LogP contribution is -2.43. The number of aromatic nitrogens is 2. The molecule has 3 heterocycles. The van der Waals surface area contributed by atoms with Crippen molar-refractivity contribution in [1.29, 1.82) is 0 Å². The molecule has 0 radical (unpaired) electrons. The second-order valence-corrected chi connectivity index (χ2v) is 7.24. The maximum atomic E-state index is 12.6. The van der Waals surface area contributed by atoms with Crippen LogP contribution in [-0.2, 0) is 0 Å². The van der Waals surface area contributed by atoms with Gasteiger partial charge in [-0.2, -0.15) is 0 Å². The number of rotatable bonds is 4. The molecule has 0 aliphatic carbocycles. The molecule has 1 aliphatic heterocycles. The minimum atomic E-state index is -0.350. The Kier molecular flexibility index (Phi) is 5.00. The molecular formula is C17H22N6OS. The number of nitrogens with one attached hydrogen (secondary N) is 1. The van der Waals surface area contributed by atoms with Crippen LogP contribution in [0.25, 0.3) is 5.57 Å². The van der Waals surface area contributed by atoms with E-state index in [0.717, 1.165) is 37.2 Å². The van der Waals surface area contributed by atoms with Gasteiger partial charge in [-0.3, -0.25) is 9.78 Å². The van der Waals surface area contributed by atoms with Gasteiger partial charge in [0.1, 0.15) is 10.0 Å². The van der Waals surface area contributed by atoms with Gasteiger partial charge in [-0.15, -0.1) is 0 Å². The Balaban J connectivity index is 1.83. The van der Waals surface area contributed by atoms with Crippen molar-refractivity contribution in [1.82, 2.24) is 9.97 Å². The molecule has 3 rings (SSSR count). The molecule has 0 aromatic carbocycles. The number of thiazole rings is 1. The van der Waals surface area contributed by atoms with Gasteiger partial charge in [0, 0.05) is 25.3 Å². The molecule has 2 aromatic heterocycles. The lowest BCUT2D eigenvalue weighted by Gasteiger charge is -2.33. The van der Waals surface area contributed by atoms with Gasteiger partial charge in [-0.1, -0.05) is 17.9 Å². The molecule has 8 heteroatoms. The number of carbonyl (C=O) groups excluding carboxylic acids is 1. The van der Waals surface area contributed by atoms with E-state index < -0.39 is 0 Å².